The maximum Gasteiger partial charge on any atom is 0.0802 e. The predicted octanol–water partition coefficient (Wildman–Crippen LogP) is 4.35. The van der Waals surface area contributed by atoms with Gasteiger partial charge in [-0.2, -0.15) is 0 Å². The Morgan fingerprint density at radius 2 is 1.26 bits per heavy atom. The van der Waals surface area contributed by atoms with Crippen molar-refractivity contribution in [2.24, 2.45) is 27.2 Å². The van der Waals surface area contributed by atoms with Crippen LogP contribution in [0.2, 0.25) is 0 Å². The maximum absolute atomic E-state index is 4.96. The summed E-state index contributed by atoms with van der Waals surface area (Å²) in [6.07, 6.45) is 0. The normalized spacial score (nSPS) is 28.2. The van der Waals surface area contributed by atoms with Crippen molar-refractivity contribution < 1.29 is 0 Å². The van der Waals surface area contributed by atoms with Crippen LogP contribution in [0.1, 0.15) is 41.5 Å². The third-order valence-electron chi connectivity index (χ3n) is 3.96. The van der Waals surface area contributed by atoms with Gasteiger partial charge in [-0.1, -0.05) is 27.7 Å². The Labute approximate surface area is 126 Å². The second-order valence-corrected chi connectivity index (χ2v) is 8.76. The van der Waals surface area contributed by atoms with Crippen molar-refractivity contribution >= 4 is 33.6 Å². The standard InChI is InChI=1S/C15H26N2S2/c1-9(2)11-7-18-13(16-11)15(5,6)14-17-12(8-19-14)10(3)4/h9-12H,7-8H2,1-6H3/t11-,12-/m0/s1. The third kappa shape index (κ3) is 3.21. The SMILES string of the molecule is CC(C)[C@@H]1CSC(C(C)(C)C2=N[C@H](C(C)C)CS2)=N1. The number of rotatable bonds is 4. The van der Waals surface area contributed by atoms with Gasteiger partial charge < -0.3 is 0 Å². The number of hydrogen-bond acceptors (Lipinski definition) is 4. The molecule has 0 fully saturated rings. The first kappa shape index (κ1) is 15.4. The Kier molecular flexibility index (Phi) is 4.71. The molecule has 2 nitrogen and oxygen atoms in total. The molecule has 2 rings (SSSR count). The molecule has 0 aromatic rings. The van der Waals surface area contributed by atoms with E-state index >= 15 is 0 Å². The first-order valence-corrected chi connectivity index (χ1v) is 9.21. The zero-order valence-electron chi connectivity index (χ0n) is 12.9. The lowest BCUT2D eigenvalue weighted by atomic mass is 9.95. The molecule has 4 heteroatoms. The molecule has 0 radical (unpaired) electrons. The lowest BCUT2D eigenvalue weighted by Gasteiger charge is -2.23. The molecule has 2 heterocycles. The molecule has 2 aliphatic rings. The molecule has 0 aliphatic carbocycles. The highest BCUT2D eigenvalue weighted by Crippen LogP contribution is 2.40. The fraction of sp³-hybridized carbons (Fsp3) is 0.867. The molecule has 0 aromatic carbocycles. The molecular weight excluding hydrogens is 272 g/mol. The first-order valence-electron chi connectivity index (χ1n) is 7.24. The molecule has 0 N–H and O–H groups in total. The van der Waals surface area contributed by atoms with E-state index in [2.05, 4.69) is 41.5 Å². The van der Waals surface area contributed by atoms with Gasteiger partial charge in [0.25, 0.3) is 0 Å². The maximum atomic E-state index is 4.96. The smallest absolute Gasteiger partial charge is 0.0802 e. The van der Waals surface area contributed by atoms with E-state index in [9.17, 15) is 0 Å². The predicted molar refractivity (Wildman–Crippen MR) is 90.8 cm³/mol. The second-order valence-electron chi connectivity index (χ2n) is 6.74. The molecule has 2 atom stereocenters. The van der Waals surface area contributed by atoms with E-state index < -0.39 is 0 Å². The molecule has 0 amide bonds. The average Bonchev–Trinajstić information content (AvgIpc) is 2.99. The number of aliphatic imine (C=N–C) groups is 2. The number of nitrogens with zero attached hydrogens (tertiary/aromatic N) is 2. The van der Waals surface area contributed by atoms with E-state index in [0.717, 1.165) is 11.5 Å². The van der Waals surface area contributed by atoms with E-state index in [1.807, 2.05) is 23.5 Å². The van der Waals surface area contributed by atoms with Gasteiger partial charge in [-0.25, -0.2) is 0 Å². The number of hydrogen-bond donors (Lipinski definition) is 0. The van der Waals surface area contributed by atoms with Crippen LogP contribution in [0.4, 0.5) is 0 Å². The summed E-state index contributed by atoms with van der Waals surface area (Å²) in [4.78, 5) is 9.92. The number of thioether (sulfide) groups is 2. The van der Waals surface area contributed by atoms with Crippen LogP contribution in [0.15, 0.2) is 9.98 Å². The monoisotopic (exact) mass is 298 g/mol. The molecular formula is C15H26N2S2. The quantitative estimate of drug-likeness (QED) is 0.770. The summed E-state index contributed by atoms with van der Waals surface area (Å²) < 4.78 is 0. The van der Waals surface area contributed by atoms with Crippen molar-refractivity contribution in [1.82, 2.24) is 0 Å². The van der Waals surface area contributed by atoms with E-state index in [1.165, 1.54) is 10.1 Å². The second kappa shape index (κ2) is 5.80. The first-order chi connectivity index (χ1) is 8.82. The Balaban J connectivity index is 2.15. The summed E-state index contributed by atoms with van der Waals surface area (Å²) in [5.74, 6) is 3.56. The van der Waals surface area contributed by atoms with Gasteiger partial charge in [0.05, 0.1) is 27.6 Å². The Bertz CT molecular complexity index is 361. The molecule has 0 bridgehead atoms. The third-order valence-corrected chi connectivity index (χ3v) is 6.75. The molecule has 2 aliphatic heterocycles. The zero-order valence-corrected chi connectivity index (χ0v) is 14.6. The summed E-state index contributed by atoms with van der Waals surface area (Å²) in [6.45, 7) is 13.6. The summed E-state index contributed by atoms with van der Waals surface area (Å²) in [5.41, 5.74) is 0.0165. The van der Waals surface area contributed by atoms with Gasteiger partial charge in [0.1, 0.15) is 0 Å². The zero-order chi connectivity index (χ0) is 14.2. The lowest BCUT2D eigenvalue weighted by Crippen LogP contribution is -2.28. The van der Waals surface area contributed by atoms with Crippen LogP contribution in [-0.2, 0) is 0 Å². The van der Waals surface area contributed by atoms with Crippen molar-refractivity contribution in [3.05, 3.63) is 0 Å². The molecule has 0 spiro atoms. The van der Waals surface area contributed by atoms with E-state index in [0.29, 0.717) is 23.9 Å². The Hall–Kier alpha value is 0.0400. The summed E-state index contributed by atoms with van der Waals surface area (Å²) >= 11 is 3.88. The minimum absolute atomic E-state index is 0.0165. The molecule has 108 valence electrons. The van der Waals surface area contributed by atoms with Crippen molar-refractivity contribution in [2.45, 2.75) is 53.6 Å². The van der Waals surface area contributed by atoms with Gasteiger partial charge in [-0.3, -0.25) is 9.98 Å². The van der Waals surface area contributed by atoms with Crippen molar-refractivity contribution in [1.29, 1.82) is 0 Å². The van der Waals surface area contributed by atoms with Gasteiger partial charge >= 0.3 is 0 Å². The van der Waals surface area contributed by atoms with E-state index in [1.54, 1.807) is 0 Å². The van der Waals surface area contributed by atoms with Gasteiger partial charge in [-0.05, 0) is 25.7 Å². The summed E-state index contributed by atoms with van der Waals surface area (Å²) in [7, 11) is 0. The minimum atomic E-state index is 0.0165. The van der Waals surface area contributed by atoms with Gasteiger partial charge in [0.15, 0.2) is 0 Å². The highest BCUT2D eigenvalue weighted by Gasteiger charge is 2.39. The van der Waals surface area contributed by atoms with Crippen LogP contribution in [0.25, 0.3) is 0 Å². The molecule has 0 saturated carbocycles. The van der Waals surface area contributed by atoms with Crippen molar-refractivity contribution in [3.8, 4) is 0 Å². The van der Waals surface area contributed by atoms with Gasteiger partial charge in [-0.15, -0.1) is 23.5 Å². The van der Waals surface area contributed by atoms with E-state index in [4.69, 9.17) is 9.98 Å². The van der Waals surface area contributed by atoms with Crippen LogP contribution in [0.3, 0.4) is 0 Å². The van der Waals surface area contributed by atoms with Crippen molar-refractivity contribution in [2.75, 3.05) is 11.5 Å². The topological polar surface area (TPSA) is 24.7 Å². The van der Waals surface area contributed by atoms with Gasteiger partial charge in [0, 0.05) is 11.5 Å². The Morgan fingerprint density at radius 1 is 0.895 bits per heavy atom. The van der Waals surface area contributed by atoms with Crippen LogP contribution in [-0.4, -0.2) is 33.7 Å². The largest absolute Gasteiger partial charge is 0.277 e. The van der Waals surface area contributed by atoms with Crippen LogP contribution in [0, 0.1) is 17.3 Å². The highest BCUT2D eigenvalue weighted by atomic mass is 32.2. The molecule has 19 heavy (non-hydrogen) atoms. The molecule has 0 saturated heterocycles. The van der Waals surface area contributed by atoms with E-state index in [-0.39, 0.29) is 5.41 Å². The van der Waals surface area contributed by atoms with Gasteiger partial charge in [0.2, 0.25) is 0 Å². The van der Waals surface area contributed by atoms with Crippen LogP contribution in [0.5, 0.6) is 0 Å². The average molecular weight is 299 g/mol. The minimum Gasteiger partial charge on any atom is -0.277 e. The fourth-order valence-corrected chi connectivity index (χ4v) is 5.21. The summed E-state index contributed by atoms with van der Waals surface area (Å²) in [6, 6.07) is 0.986. The molecule has 0 aromatic heterocycles. The fourth-order valence-electron chi connectivity index (χ4n) is 2.24. The highest BCUT2D eigenvalue weighted by molar-refractivity contribution is 8.16. The lowest BCUT2D eigenvalue weighted by molar-refractivity contribution is 0.536. The molecule has 0 unspecified atom stereocenters. The van der Waals surface area contributed by atoms with Crippen LogP contribution < -0.4 is 0 Å². The summed E-state index contributed by atoms with van der Waals surface area (Å²) in [5, 5.41) is 2.59. The Morgan fingerprint density at radius 3 is 1.53 bits per heavy atom. The van der Waals surface area contributed by atoms with Crippen molar-refractivity contribution in [3.63, 3.8) is 0 Å². The van der Waals surface area contributed by atoms with Crippen LogP contribution >= 0.6 is 23.5 Å².